The van der Waals surface area contributed by atoms with Crippen LogP contribution in [-0.4, -0.2) is 40.0 Å². The lowest BCUT2D eigenvalue weighted by Crippen LogP contribution is -2.06. The van der Waals surface area contributed by atoms with E-state index in [1.165, 1.54) is 0 Å². The Morgan fingerprint density at radius 1 is 1.00 bits per heavy atom. The fourth-order valence-corrected chi connectivity index (χ4v) is 3.90. The van der Waals surface area contributed by atoms with Crippen molar-refractivity contribution in [3.05, 3.63) is 60.2 Å². The Kier molecular flexibility index (Phi) is 5.95. The average Bonchev–Trinajstić information content (AvgIpc) is 3.38. The van der Waals surface area contributed by atoms with Crippen LogP contribution in [0.3, 0.4) is 0 Å². The monoisotopic (exact) mass is 406 g/mol. The van der Waals surface area contributed by atoms with Gasteiger partial charge in [0.2, 0.25) is 0 Å². The van der Waals surface area contributed by atoms with Gasteiger partial charge in [0.05, 0.1) is 11.4 Å². The van der Waals surface area contributed by atoms with E-state index in [1.807, 2.05) is 28.9 Å². The van der Waals surface area contributed by atoms with Gasteiger partial charge in [0.1, 0.15) is 0 Å². The van der Waals surface area contributed by atoms with E-state index in [2.05, 4.69) is 61.3 Å². The highest BCUT2D eigenvalue weighted by molar-refractivity contribution is 7.98. The van der Waals surface area contributed by atoms with E-state index < -0.39 is 0 Å². The quantitative estimate of drug-likeness (QED) is 0.412. The van der Waals surface area contributed by atoms with Gasteiger partial charge >= 0.3 is 0 Å². The highest BCUT2D eigenvalue weighted by Gasteiger charge is 2.18. The number of nitrogens with zero attached hydrogens (tertiary/aromatic N) is 8. The molecule has 0 spiro atoms. The summed E-state index contributed by atoms with van der Waals surface area (Å²) in [6, 6.07) is 12.1. The molecule has 3 aromatic heterocycles. The molecule has 0 bridgehead atoms. The zero-order valence-corrected chi connectivity index (χ0v) is 17.2. The summed E-state index contributed by atoms with van der Waals surface area (Å²) < 4.78 is 3.96. The zero-order chi connectivity index (χ0) is 20.1. The lowest BCUT2D eigenvalue weighted by Gasteiger charge is -2.12. The predicted molar refractivity (Wildman–Crippen MR) is 112 cm³/mol. The Morgan fingerprint density at radius 3 is 2.62 bits per heavy atom. The van der Waals surface area contributed by atoms with Gasteiger partial charge in [-0.1, -0.05) is 43.3 Å². The van der Waals surface area contributed by atoms with Crippen LogP contribution in [0.4, 0.5) is 0 Å². The Bertz CT molecular complexity index is 1070. The van der Waals surface area contributed by atoms with E-state index in [9.17, 15) is 0 Å². The molecule has 3 heterocycles. The molecule has 0 unspecified atom stereocenters. The third kappa shape index (κ3) is 4.19. The molecule has 1 aromatic carbocycles. The molecule has 29 heavy (non-hydrogen) atoms. The Morgan fingerprint density at radius 2 is 1.83 bits per heavy atom. The van der Waals surface area contributed by atoms with Gasteiger partial charge < -0.3 is 0 Å². The van der Waals surface area contributed by atoms with E-state index >= 15 is 0 Å². The normalized spacial score (nSPS) is 11.1. The molecule has 4 aromatic rings. The fourth-order valence-electron chi connectivity index (χ4n) is 3.02. The number of pyridine rings is 1. The lowest BCUT2D eigenvalue weighted by molar-refractivity contribution is 0.540. The van der Waals surface area contributed by atoms with Crippen LogP contribution in [0.25, 0.3) is 17.1 Å². The maximum Gasteiger partial charge on any atom is 0.196 e. The van der Waals surface area contributed by atoms with Crippen LogP contribution in [-0.2, 0) is 12.3 Å². The van der Waals surface area contributed by atoms with E-state index in [0.717, 1.165) is 53.0 Å². The Hall–Kier alpha value is -3.07. The second-order valence-corrected chi connectivity index (χ2v) is 7.57. The molecule has 9 heteroatoms. The number of unbranched alkanes of at least 4 members (excludes halogenated alkanes) is 1. The van der Waals surface area contributed by atoms with E-state index in [1.54, 1.807) is 24.2 Å². The summed E-state index contributed by atoms with van der Waals surface area (Å²) in [4.78, 5) is 4.11. The molecule has 0 aliphatic rings. The molecule has 0 saturated carbocycles. The molecule has 8 nitrogen and oxygen atoms in total. The van der Waals surface area contributed by atoms with Crippen molar-refractivity contribution in [1.82, 2.24) is 40.0 Å². The summed E-state index contributed by atoms with van der Waals surface area (Å²) in [5.74, 6) is 2.25. The van der Waals surface area contributed by atoms with Gasteiger partial charge in [-0.05, 0) is 47.5 Å². The maximum atomic E-state index is 4.48. The lowest BCUT2D eigenvalue weighted by atomic mass is 10.2. The number of hydrogen-bond donors (Lipinski definition) is 0. The SMILES string of the molecule is CCCCn1nnnc1CSc1nnc(-c2ccncc2)n1-c1ccccc1C. The van der Waals surface area contributed by atoms with Crippen LogP contribution in [0.2, 0.25) is 0 Å². The molecule has 0 aliphatic carbocycles. The minimum atomic E-state index is 0.622. The van der Waals surface area contributed by atoms with Crippen molar-refractivity contribution in [2.24, 2.45) is 0 Å². The topological polar surface area (TPSA) is 87.2 Å². The second kappa shape index (κ2) is 8.95. The number of aryl methyl sites for hydroxylation is 2. The molecule has 0 amide bonds. The van der Waals surface area contributed by atoms with Gasteiger partial charge in [0.15, 0.2) is 16.8 Å². The van der Waals surface area contributed by atoms with Crippen molar-refractivity contribution < 1.29 is 0 Å². The highest BCUT2D eigenvalue weighted by Crippen LogP contribution is 2.30. The first-order valence-corrected chi connectivity index (χ1v) is 10.6. The van der Waals surface area contributed by atoms with Crippen molar-refractivity contribution >= 4 is 11.8 Å². The van der Waals surface area contributed by atoms with Crippen molar-refractivity contribution in [1.29, 1.82) is 0 Å². The number of benzene rings is 1. The van der Waals surface area contributed by atoms with E-state index in [-0.39, 0.29) is 0 Å². The molecular weight excluding hydrogens is 384 g/mol. The van der Waals surface area contributed by atoms with Crippen molar-refractivity contribution in [3.63, 3.8) is 0 Å². The smallest absolute Gasteiger partial charge is 0.196 e. The molecular formula is C20H22N8S. The third-order valence-corrected chi connectivity index (χ3v) is 5.51. The second-order valence-electron chi connectivity index (χ2n) is 6.62. The van der Waals surface area contributed by atoms with E-state index in [4.69, 9.17) is 0 Å². The minimum absolute atomic E-state index is 0.622. The number of aromatic nitrogens is 8. The number of para-hydroxylation sites is 1. The first-order valence-electron chi connectivity index (χ1n) is 9.57. The number of rotatable bonds is 8. The molecule has 0 atom stereocenters. The number of hydrogen-bond acceptors (Lipinski definition) is 7. The standard InChI is InChI=1S/C20H22N8S/c1-3-4-13-27-18(22-25-26-27)14-29-20-24-23-19(16-9-11-21-12-10-16)28(20)17-8-6-5-7-15(17)2/h5-12H,3-4,13-14H2,1-2H3. The molecule has 148 valence electrons. The van der Waals surface area contributed by atoms with Crippen molar-refractivity contribution in [2.75, 3.05) is 0 Å². The molecule has 4 rings (SSSR count). The van der Waals surface area contributed by atoms with Crippen LogP contribution in [0, 0.1) is 6.92 Å². The predicted octanol–water partition coefficient (Wildman–Crippen LogP) is 3.72. The van der Waals surface area contributed by atoms with E-state index in [0.29, 0.717) is 5.75 Å². The largest absolute Gasteiger partial charge is 0.270 e. The first kappa shape index (κ1) is 19.3. The Labute approximate surface area is 173 Å². The average molecular weight is 407 g/mol. The fraction of sp³-hybridized carbons (Fsp3) is 0.300. The van der Waals surface area contributed by atoms with Crippen LogP contribution >= 0.6 is 11.8 Å². The molecule has 0 fully saturated rings. The van der Waals surface area contributed by atoms with Crippen molar-refractivity contribution in [2.45, 2.75) is 44.1 Å². The highest BCUT2D eigenvalue weighted by atomic mass is 32.2. The zero-order valence-electron chi connectivity index (χ0n) is 16.4. The van der Waals surface area contributed by atoms with Gasteiger partial charge in [0.25, 0.3) is 0 Å². The third-order valence-electron chi connectivity index (χ3n) is 4.59. The summed E-state index contributed by atoms with van der Waals surface area (Å²) >= 11 is 1.58. The first-order chi connectivity index (χ1) is 14.3. The molecule has 0 saturated heterocycles. The molecule has 0 aliphatic heterocycles. The minimum Gasteiger partial charge on any atom is -0.270 e. The van der Waals surface area contributed by atoms with Gasteiger partial charge in [-0.15, -0.1) is 15.3 Å². The summed E-state index contributed by atoms with van der Waals surface area (Å²) in [7, 11) is 0. The number of thioether (sulfide) groups is 1. The maximum absolute atomic E-state index is 4.48. The summed E-state index contributed by atoms with van der Waals surface area (Å²) in [5.41, 5.74) is 3.17. The van der Waals surface area contributed by atoms with Crippen LogP contribution in [0.15, 0.2) is 53.9 Å². The summed E-state index contributed by atoms with van der Waals surface area (Å²) in [6.07, 6.45) is 5.68. The van der Waals surface area contributed by atoms with Crippen molar-refractivity contribution in [3.8, 4) is 17.1 Å². The van der Waals surface area contributed by atoms with Gasteiger partial charge in [-0.25, -0.2) is 4.68 Å². The van der Waals surface area contributed by atoms with Gasteiger partial charge in [0, 0.05) is 24.5 Å². The Balaban J connectivity index is 1.68. The summed E-state index contributed by atoms with van der Waals surface area (Å²) in [6.45, 7) is 5.07. The van der Waals surface area contributed by atoms with Crippen LogP contribution in [0.1, 0.15) is 31.2 Å². The number of tetrazole rings is 1. The van der Waals surface area contributed by atoms with Crippen LogP contribution < -0.4 is 0 Å². The van der Waals surface area contributed by atoms with Gasteiger partial charge in [-0.2, -0.15) is 0 Å². The van der Waals surface area contributed by atoms with Crippen LogP contribution in [0.5, 0.6) is 0 Å². The summed E-state index contributed by atoms with van der Waals surface area (Å²) in [5, 5.41) is 21.9. The molecule has 0 radical (unpaired) electrons. The van der Waals surface area contributed by atoms with Gasteiger partial charge in [-0.3, -0.25) is 9.55 Å². The molecule has 0 N–H and O–H groups in total.